The number of alkyl halides is 3. The molecule has 2 N–H and O–H groups in total. The molecule has 21 heavy (non-hydrogen) atoms. The van der Waals surface area contributed by atoms with E-state index in [1.807, 2.05) is 6.07 Å². The molecule has 6 heteroatoms. The first-order valence-corrected chi connectivity index (χ1v) is 6.41. The number of para-hydroxylation sites is 1. The molecule has 0 aliphatic carbocycles. The van der Waals surface area contributed by atoms with E-state index >= 15 is 0 Å². The monoisotopic (exact) mass is 296 g/mol. The van der Waals surface area contributed by atoms with Gasteiger partial charge in [0.05, 0.1) is 12.2 Å². The molecule has 0 bridgehead atoms. The van der Waals surface area contributed by atoms with Gasteiger partial charge in [0.15, 0.2) is 0 Å². The summed E-state index contributed by atoms with van der Waals surface area (Å²) < 4.78 is 43.9. The fourth-order valence-corrected chi connectivity index (χ4v) is 1.93. The summed E-state index contributed by atoms with van der Waals surface area (Å²) >= 11 is 0. The predicted molar refractivity (Wildman–Crippen MR) is 73.0 cm³/mol. The third-order valence-electron chi connectivity index (χ3n) is 3.07. The van der Waals surface area contributed by atoms with Gasteiger partial charge in [0.1, 0.15) is 5.75 Å². The van der Waals surface area contributed by atoms with Crippen LogP contribution in [0.3, 0.4) is 0 Å². The van der Waals surface area contributed by atoms with Crippen LogP contribution in [-0.4, -0.2) is 18.1 Å². The van der Waals surface area contributed by atoms with Crippen LogP contribution in [0.5, 0.6) is 5.75 Å². The van der Waals surface area contributed by atoms with Gasteiger partial charge in [-0.1, -0.05) is 18.2 Å². The number of hydrogen-bond donors (Lipinski definition) is 1. The Morgan fingerprint density at radius 2 is 1.90 bits per heavy atom. The summed E-state index contributed by atoms with van der Waals surface area (Å²) in [4.78, 5) is 3.97. The smallest absolute Gasteiger partial charge is 0.419 e. The molecular formula is C15H15F3N2O. The maximum Gasteiger partial charge on any atom is 0.419 e. The highest BCUT2D eigenvalue weighted by Gasteiger charge is 2.34. The van der Waals surface area contributed by atoms with E-state index in [1.54, 1.807) is 18.5 Å². The van der Waals surface area contributed by atoms with Gasteiger partial charge in [0.2, 0.25) is 0 Å². The van der Waals surface area contributed by atoms with Crippen molar-refractivity contribution in [3.8, 4) is 5.75 Å². The number of benzene rings is 1. The minimum Gasteiger partial charge on any atom is -0.492 e. The van der Waals surface area contributed by atoms with Gasteiger partial charge in [-0.05, 0) is 23.8 Å². The topological polar surface area (TPSA) is 48.1 Å². The zero-order valence-electron chi connectivity index (χ0n) is 11.2. The number of ether oxygens (including phenoxy) is 1. The highest BCUT2D eigenvalue weighted by atomic mass is 19.4. The lowest BCUT2D eigenvalue weighted by molar-refractivity contribution is -0.139. The Balaban J connectivity index is 2.13. The van der Waals surface area contributed by atoms with Crippen LogP contribution in [-0.2, 0) is 6.18 Å². The zero-order chi connectivity index (χ0) is 15.3. The second-order valence-electron chi connectivity index (χ2n) is 4.52. The molecule has 0 aliphatic rings. The van der Waals surface area contributed by atoms with Crippen molar-refractivity contribution in [3.63, 3.8) is 0 Å². The summed E-state index contributed by atoms with van der Waals surface area (Å²) in [6, 6.07) is 8.71. The number of halogens is 3. The van der Waals surface area contributed by atoms with E-state index in [-0.39, 0.29) is 24.8 Å². The first-order chi connectivity index (χ1) is 10.0. The molecule has 0 saturated heterocycles. The molecule has 0 fully saturated rings. The number of nitrogens with zero attached hydrogens (tertiary/aromatic N) is 1. The molecule has 2 aromatic rings. The van der Waals surface area contributed by atoms with E-state index in [1.165, 1.54) is 18.2 Å². The fourth-order valence-electron chi connectivity index (χ4n) is 1.93. The molecule has 0 saturated carbocycles. The van der Waals surface area contributed by atoms with Crippen LogP contribution in [0.2, 0.25) is 0 Å². The second kappa shape index (κ2) is 6.58. The maximum absolute atomic E-state index is 12.9. The van der Waals surface area contributed by atoms with Crippen LogP contribution in [0.15, 0.2) is 48.8 Å². The molecule has 1 heterocycles. The molecule has 2 rings (SSSR count). The Labute approximate surface area is 120 Å². The van der Waals surface area contributed by atoms with E-state index in [9.17, 15) is 13.2 Å². The number of rotatable bonds is 5. The zero-order valence-corrected chi connectivity index (χ0v) is 11.2. The summed E-state index contributed by atoms with van der Waals surface area (Å²) in [6.45, 7) is 0.329. The minimum absolute atomic E-state index is 0.0648. The molecule has 1 aromatic heterocycles. The third kappa shape index (κ3) is 3.95. The largest absolute Gasteiger partial charge is 0.492 e. The first-order valence-electron chi connectivity index (χ1n) is 6.41. The Hall–Kier alpha value is -2.08. The summed E-state index contributed by atoms with van der Waals surface area (Å²) in [7, 11) is 0. The van der Waals surface area contributed by atoms with Crippen molar-refractivity contribution < 1.29 is 17.9 Å². The Kier molecular flexibility index (Phi) is 4.80. The fraction of sp³-hybridized carbons (Fsp3) is 0.267. The van der Waals surface area contributed by atoms with Gasteiger partial charge in [0, 0.05) is 24.9 Å². The van der Waals surface area contributed by atoms with Crippen molar-refractivity contribution in [1.82, 2.24) is 4.98 Å². The summed E-state index contributed by atoms with van der Waals surface area (Å²) in [5.41, 5.74) is 5.72. The number of nitrogens with two attached hydrogens (primary N) is 1. The Morgan fingerprint density at radius 1 is 1.14 bits per heavy atom. The molecule has 0 amide bonds. The maximum atomic E-state index is 12.9. The Morgan fingerprint density at radius 3 is 2.52 bits per heavy atom. The van der Waals surface area contributed by atoms with Crippen LogP contribution in [0.1, 0.15) is 17.0 Å². The van der Waals surface area contributed by atoms with Gasteiger partial charge in [0.25, 0.3) is 0 Å². The average Bonchev–Trinajstić information content (AvgIpc) is 2.48. The van der Waals surface area contributed by atoms with Gasteiger partial charge in [-0.3, -0.25) is 4.98 Å². The van der Waals surface area contributed by atoms with Gasteiger partial charge >= 0.3 is 6.18 Å². The number of pyridine rings is 1. The predicted octanol–water partition coefficient (Wildman–Crippen LogP) is 3.22. The van der Waals surface area contributed by atoms with Crippen molar-refractivity contribution in [2.24, 2.45) is 5.73 Å². The highest BCUT2D eigenvalue weighted by molar-refractivity contribution is 5.35. The van der Waals surface area contributed by atoms with Crippen molar-refractivity contribution in [3.05, 3.63) is 59.9 Å². The lowest BCUT2D eigenvalue weighted by atomic mass is 10.0. The van der Waals surface area contributed by atoms with Crippen molar-refractivity contribution in [2.75, 3.05) is 13.2 Å². The third-order valence-corrected chi connectivity index (χ3v) is 3.07. The normalized spacial score (nSPS) is 13.0. The quantitative estimate of drug-likeness (QED) is 0.921. The molecule has 1 atom stereocenters. The van der Waals surface area contributed by atoms with E-state index in [0.717, 1.165) is 11.6 Å². The average molecular weight is 296 g/mol. The van der Waals surface area contributed by atoms with Crippen LogP contribution >= 0.6 is 0 Å². The lowest BCUT2D eigenvalue weighted by Gasteiger charge is -2.18. The molecule has 0 aliphatic heterocycles. The molecule has 1 unspecified atom stereocenters. The summed E-state index contributed by atoms with van der Waals surface area (Å²) in [6.07, 6.45) is -1.18. The molecule has 112 valence electrons. The van der Waals surface area contributed by atoms with Crippen LogP contribution in [0.4, 0.5) is 13.2 Å². The Bertz CT molecular complexity index is 573. The van der Waals surface area contributed by atoms with Crippen LogP contribution in [0.25, 0.3) is 0 Å². The molecule has 0 radical (unpaired) electrons. The van der Waals surface area contributed by atoms with Gasteiger partial charge in [-0.25, -0.2) is 0 Å². The van der Waals surface area contributed by atoms with E-state index in [4.69, 9.17) is 10.5 Å². The van der Waals surface area contributed by atoms with Gasteiger partial charge < -0.3 is 10.5 Å². The van der Waals surface area contributed by atoms with Gasteiger partial charge in [-0.15, -0.1) is 0 Å². The molecule has 1 aromatic carbocycles. The van der Waals surface area contributed by atoms with Crippen LogP contribution in [0, 0.1) is 0 Å². The molecular weight excluding hydrogens is 281 g/mol. The minimum atomic E-state index is -4.44. The SMILES string of the molecule is NCC(COc1ccccc1C(F)(F)F)c1cccnc1. The van der Waals surface area contributed by atoms with Crippen molar-refractivity contribution in [2.45, 2.75) is 12.1 Å². The molecule has 3 nitrogen and oxygen atoms in total. The van der Waals surface area contributed by atoms with E-state index in [0.29, 0.717) is 0 Å². The summed E-state index contributed by atoms with van der Waals surface area (Å²) in [5.74, 6) is -0.396. The highest BCUT2D eigenvalue weighted by Crippen LogP contribution is 2.36. The number of aromatic nitrogens is 1. The van der Waals surface area contributed by atoms with E-state index in [2.05, 4.69) is 4.98 Å². The standard InChI is InChI=1S/C15H15F3N2O/c16-15(17,18)13-5-1-2-6-14(13)21-10-12(8-19)11-4-3-7-20-9-11/h1-7,9,12H,8,10,19H2. The van der Waals surface area contributed by atoms with Crippen molar-refractivity contribution in [1.29, 1.82) is 0 Å². The lowest BCUT2D eigenvalue weighted by Crippen LogP contribution is -2.20. The van der Waals surface area contributed by atoms with E-state index < -0.39 is 11.7 Å². The first kappa shape index (κ1) is 15.3. The second-order valence-corrected chi connectivity index (χ2v) is 4.52. The summed E-state index contributed by atoms with van der Waals surface area (Å²) in [5, 5.41) is 0. The van der Waals surface area contributed by atoms with Crippen LogP contribution < -0.4 is 10.5 Å². The van der Waals surface area contributed by atoms with Gasteiger partial charge in [-0.2, -0.15) is 13.2 Å². The number of hydrogen-bond acceptors (Lipinski definition) is 3. The molecule has 0 spiro atoms. The van der Waals surface area contributed by atoms with Crippen molar-refractivity contribution >= 4 is 0 Å².